The summed E-state index contributed by atoms with van der Waals surface area (Å²) in [5.74, 6) is -4.91. The van der Waals surface area contributed by atoms with E-state index in [-0.39, 0.29) is 85.1 Å². The number of nitrogens with zero attached hydrogens (tertiary/aromatic N) is 4. The second kappa shape index (κ2) is 24.7. The van der Waals surface area contributed by atoms with Crippen molar-refractivity contribution in [2.75, 3.05) is 34.9 Å². The number of hydrogen-bond acceptors (Lipinski definition) is 10. The van der Waals surface area contributed by atoms with Crippen LogP contribution in [0.3, 0.4) is 0 Å². The van der Waals surface area contributed by atoms with Crippen LogP contribution >= 0.6 is 0 Å². The highest BCUT2D eigenvalue weighted by Crippen LogP contribution is 2.50. The second-order valence-electron chi connectivity index (χ2n) is 19.4. The Morgan fingerprint density at radius 1 is 0.821 bits per heavy atom. The quantitative estimate of drug-likeness (QED) is 0.0853. The van der Waals surface area contributed by atoms with Gasteiger partial charge in [0.2, 0.25) is 29.5 Å². The van der Waals surface area contributed by atoms with Crippen LogP contribution in [0.2, 0.25) is 0 Å². The van der Waals surface area contributed by atoms with Gasteiger partial charge in [-0.15, -0.1) is 0 Å². The van der Waals surface area contributed by atoms with Crippen LogP contribution in [0.25, 0.3) is 0 Å². The number of amides is 7. The van der Waals surface area contributed by atoms with Gasteiger partial charge in [0.15, 0.2) is 0 Å². The molecule has 0 spiro atoms. The molecular formula is C50H76N6O11. The summed E-state index contributed by atoms with van der Waals surface area (Å²) in [6, 6.07) is 5.00. The highest BCUT2D eigenvalue weighted by molar-refractivity contribution is 6.12. The number of carboxylic acids is 1. The largest absolute Gasteiger partial charge is 0.480 e. The Morgan fingerprint density at radius 3 is 2.01 bits per heavy atom. The number of benzene rings is 1. The molecule has 1 aliphatic carbocycles. The minimum absolute atomic E-state index is 0.0370. The van der Waals surface area contributed by atoms with Crippen LogP contribution in [-0.4, -0.2) is 155 Å². The molecule has 4 rings (SSSR count). The smallest absolute Gasteiger partial charge is 0.326 e. The molecular weight excluding hydrogens is 861 g/mol. The highest BCUT2D eigenvalue weighted by Gasteiger charge is 2.57. The predicted octanol–water partition coefficient (Wildman–Crippen LogP) is 3.83. The van der Waals surface area contributed by atoms with E-state index in [0.29, 0.717) is 32.1 Å². The topological polar surface area (TPSA) is 212 Å². The normalized spacial score (nSPS) is 21.2. The number of fused-ring (bicyclic) bond motifs is 1. The van der Waals surface area contributed by atoms with Crippen LogP contribution in [0.15, 0.2) is 42.5 Å². The third kappa shape index (κ3) is 13.7. The standard InChI is InChI=1S/C50H76N6O11/c1-12-31(6)45(54(9)49(63)43(29(2)3)52-48(62)44(30(4)5)53(8)39(57)21-17-14-18-24-55-40(58)22-23-41(55)59)38(66-10)28-42(60)56-36-26-34(36)27-37(56)46(67-11)32(7)47(61)51-35(50(64)65)25-33-19-15-13-16-20-33/h13,15-16,19-20,22-23,29-32,34-38,43-46H,12,14,17-18,21,24-28H2,1-11H3,(H,51,61)(H,52,62)(H,64,65)/t31?,32?,34-,35?,36-,37-,38?,43?,44?,45?,46?/m0/s1. The van der Waals surface area contributed by atoms with Crippen LogP contribution in [0.1, 0.15) is 105 Å². The van der Waals surface area contributed by atoms with Crippen molar-refractivity contribution in [1.29, 1.82) is 0 Å². The van der Waals surface area contributed by atoms with Gasteiger partial charge >= 0.3 is 5.97 Å². The molecule has 1 aromatic carbocycles. The number of carbonyl (C=O) groups excluding carboxylic acids is 7. The second-order valence-corrected chi connectivity index (χ2v) is 19.4. The Kier molecular flexibility index (Phi) is 20.1. The summed E-state index contributed by atoms with van der Waals surface area (Å²) in [4.78, 5) is 112. The van der Waals surface area contributed by atoms with Gasteiger partial charge in [-0.1, -0.05) is 91.6 Å². The summed E-state index contributed by atoms with van der Waals surface area (Å²) >= 11 is 0. The van der Waals surface area contributed by atoms with Crippen molar-refractivity contribution in [3.63, 3.8) is 0 Å². The molecule has 1 saturated heterocycles. The van der Waals surface area contributed by atoms with Crippen LogP contribution in [-0.2, 0) is 54.3 Å². The van der Waals surface area contributed by atoms with Crippen LogP contribution < -0.4 is 10.6 Å². The number of nitrogens with one attached hydrogen (secondary N) is 2. The number of aliphatic carboxylic acids is 1. The third-order valence-corrected chi connectivity index (χ3v) is 14.1. The van der Waals surface area contributed by atoms with Crippen LogP contribution in [0.5, 0.6) is 0 Å². The lowest BCUT2D eigenvalue weighted by Gasteiger charge is -2.41. The van der Waals surface area contributed by atoms with Crippen molar-refractivity contribution in [3.05, 3.63) is 48.0 Å². The molecule has 2 fully saturated rings. The molecule has 17 nitrogen and oxygen atoms in total. The van der Waals surface area contributed by atoms with Crippen molar-refractivity contribution in [1.82, 2.24) is 30.2 Å². The first-order valence-electron chi connectivity index (χ1n) is 24.0. The molecule has 11 atom stereocenters. The molecule has 3 aliphatic rings. The molecule has 1 saturated carbocycles. The van der Waals surface area contributed by atoms with E-state index in [2.05, 4.69) is 10.6 Å². The highest BCUT2D eigenvalue weighted by atomic mass is 16.5. The maximum Gasteiger partial charge on any atom is 0.326 e. The fourth-order valence-corrected chi connectivity index (χ4v) is 9.96. The molecule has 0 radical (unpaired) electrons. The van der Waals surface area contributed by atoms with Gasteiger partial charge in [-0.2, -0.15) is 0 Å². The van der Waals surface area contributed by atoms with Gasteiger partial charge in [0.1, 0.15) is 18.1 Å². The number of likely N-dealkylation sites (N-methyl/N-ethyl adjacent to an activating group) is 2. The average Bonchev–Trinajstić information content (AvgIpc) is 3.83. The van der Waals surface area contributed by atoms with Crippen molar-refractivity contribution in [2.45, 2.75) is 155 Å². The van der Waals surface area contributed by atoms with Gasteiger partial charge in [0, 0.05) is 65.9 Å². The number of methoxy groups -OCH3 is 2. The number of rotatable bonds is 27. The number of ether oxygens (including phenoxy) is 2. The Hall–Kier alpha value is -5.16. The number of imide groups is 1. The van der Waals surface area contributed by atoms with E-state index in [9.17, 15) is 43.5 Å². The number of carboxylic acid groups (broad SMARTS) is 1. The Morgan fingerprint density at radius 2 is 1.46 bits per heavy atom. The van der Waals surface area contributed by atoms with E-state index < -0.39 is 66.1 Å². The lowest BCUT2D eigenvalue weighted by atomic mass is 9.89. The maximum absolute atomic E-state index is 14.6. The molecule has 3 N–H and O–H groups in total. The molecule has 0 bridgehead atoms. The Balaban J connectivity index is 1.43. The molecule has 8 unspecified atom stereocenters. The Bertz CT molecular complexity index is 1920. The first-order chi connectivity index (χ1) is 31.7. The number of unbranched alkanes of at least 4 members (excludes halogenated alkanes) is 2. The molecule has 372 valence electrons. The van der Waals surface area contributed by atoms with Crippen molar-refractivity contribution in [3.8, 4) is 0 Å². The number of carbonyl (C=O) groups is 8. The molecule has 17 heteroatoms. The van der Waals surface area contributed by atoms with E-state index in [1.54, 1.807) is 38.1 Å². The first-order valence-corrected chi connectivity index (χ1v) is 24.0. The SMILES string of the molecule is CCC(C)C(C(CC(=O)N1[C@H](C(OC)C(C)C(=O)NC(Cc2ccccc2)C(=O)O)C[C@@H]2C[C@@H]21)OC)N(C)C(=O)C(NC(=O)C(C(C)C)N(C)C(=O)CCCCCN1C(=O)C=CC1=O)C(C)C. The zero-order valence-corrected chi connectivity index (χ0v) is 41.4. The third-order valence-electron chi connectivity index (χ3n) is 14.1. The van der Waals surface area contributed by atoms with Gasteiger partial charge in [-0.05, 0) is 54.9 Å². The van der Waals surface area contributed by atoms with Gasteiger partial charge in [0.05, 0.1) is 36.6 Å². The molecule has 1 aromatic rings. The molecule has 67 heavy (non-hydrogen) atoms. The van der Waals surface area contributed by atoms with Crippen molar-refractivity contribution < 1.29 is 52.9 Å². The summed E-state index contributed by atoms with van der Waals surface area (Å²) < 4.78 is 12.0. The average molecular weight is 937 g/mol. The number of likely N-dealkylation sites (tertiary alicyclic amines) is 1. The van der Waals surface area contributed by atoms with Crippen molar-refractivity contribution >= 4 is 47.3 Å². The lowest BCUT2D eigenvalue weighted by Crippen LogP contribution is -2.60. The summed E-state index contributed by atoms with van der Waals surface area (Å²) in [5.41, 5.74) is 0.767. The lowest BCUT2D eigenvalue weighted by molar-refractivity contribution is -0.149. The zero-order valence-electron chi connectivity index (χ0n) is 41.4. The molecule has 7 amide bonds. The Labute approximate surface area is 396 Å². The minimum Gasteiger partial charge on any atom is -0.480 e. The fraction of sp³-hybridized carbons (Fsp3) is 0.680. The predicted molar refractivity (Wildman–Crippen MR) is 251 cm³/mol. The van der Waals surface area contributed by atoms with Crippen LogP contribution in [0.4, 0.5) is 0 Å². The van der Waals surface area contributed by atoms with Gasteiger partial charge < -0.3 is 39.9 Å². The van der Waals surface area contributed by atoms with Crippen molar-refractivity contribution in [2.24, 2.45) is 29.6 Å². The first kappa shape index (κ1) is 54.4. The van der Waals surface area contributed by atoms with Crippen LogP contribution in [0, 0.1) is 29.6 Å². The van der Waals surface area contributed by atoms with Gasteiger partial charge in [-0.25, -0.2) is 4.79 Å². The van der Waals surface area contributed by atoms with E-state index in [1.165, 1.54) is 36.2 Å². The summed E-state index contributed by atoms with van der Waals surface area (Å²) in [5, 5.41) is 15.6. The number of piperidine rings is 1. The number of hydrogen-bond donors (Lipinski definition) is 3. The van der Waals surface area contributed by atoms with Gasteiger partial charge in [0.25, 0.3) is 11.8 Å². The van der Waals surface area contributed by atoms with E-state index in [4.69, 9.17) is 9.47 Å². The van der Waals surface area contributed by atoms with E-state index >= 15 is 0 Å². The monoisotopic (exact) mass is 937 g/mol. The molecule has 2 aliphatic heterocycles. The summed E-state index contributed by atoms with van der Waals surface area (Å²) in [7, 11) is 6.25. The van der Waals surface area contributed by atoms with E-state index in [1.807, 2.05) is 64.6 Å². The maximum atomic E-state index is 14.6. The molecule has 0 aromatic heterocycles. The zero-order chi connectivity index (χ0) is 49.9. The minimum atomic E-state index is -1.16. The van der Waals surface area contributed by atoms with Gasteiger partial charge in [-0.3, -0.25) is 38.5 Å². The van der Waals surface area contributed by atoms with E-state index in [0.717, 1.165) is 12.0 Å². The summed E-state index contributed by atoms with van der Waals surface area (Å²) in [6.07, 6.45) is 4.99. The fourth-order valence-electron chi connectivity index (χ4n) is 9.96. The molecule has 2 heterocycles. The summed E-state index contributed by atoms with van der Waals surface area (Å²) in [6.45, 7) is 13.3.